The van der Waals surface area contributed by atoms with Crippen LogP contribution in [0.25, 0.3) is 0 Å². The van der Waals surface area contributed by atoms with E-state index in [0.717, 1.165) is 77.5 Å². The third-order valence-electron chi connectivity index (χ3n) is 7.17. The van der Waals surface area contributed by atoms with Crippen molar-refractivity contribution >= 4 is 29.9 Å². The van der Waals surface area contributed by atoms with Crippen molar-refractivity contribution in [3.05, 3.63) is 35.6 Å². The minimum Gasteiger partial charge on any atom is -0.376 e. The van der Waals surface area contributed by atoms with Crippen molar-refractivity contribution in [2.24, 2.45) is 4.99 Å². The quantitative estimate of drug-likeness (QED) is 0.294. The molecule has 2 heterocycles. The first kappa shape index (κ1) is 25.7. The van der Waals surface area contributed by atoms with E-state index in [1.807, 2.05) is 12.1 Å². The highest BCUT2D eigenvalue weighted by Crippen LogP contribution is 2.44. The van der Waals surface area contributed by atoms with Crippen LogP contribution >= 0.6 is 24.0 Å². The highest BCUT2D eigenvalue weighted by molar-refractivity contribution is 14.0. The Bertz CT molecular complexity index is 712. The normalized spacial score (nSPS) is 23.9. The minimum absolute atomic E-state index is 0. The minimum atomic E-state index is -0.171. The van der Waals surface area contributed by atoms with Crippen LogP contribution in [0.15, 0.2) is 29.3 Å². The lowest BCUT2D eigenvalue weighted by atomic mass is 9.64. The second-order valence-electron chi connectivity index (χ2n) is 9.32. The van der Waals surface area contributed by atoms with E-state index in [0.29, 0.717) is 6.10 Å². The van der Waals surface area contributed by atoms with Crippen molar-refractivity contribution in [1.82, 2.24) is 10.2 Å². The van der Waals surface area contributed by atoms with E-state index >= 15 is 0 Å². The van der Waals surface area contributed by atoms with Gasteiger partial charge in [0.25, 0.3) is 0 Å². The molecule has 0 aromatic heterocycles. The number of nitrogens with zero attached hydrogens (tertiary/aromatic N) is 2. The van der Waals surface area contributed by atoms with Crippen LogP contribution in [-0.4, -0.2) is 62.5 Å². The van der Waals surface area contributed by atoms with Gasteiger partial charge in [0.15, 0.2) is 5.96 Å². The monoisotopic (exact) mass is 559 g/mol. The molecule has 3 fully saturated rings. The molecule has 180 valence electrons. The largest absolute Gasteiger partial charge is 0.376 e. The lowest BCUT2D eigenvalue weighted by molar-refractivity contribution is -0.0721. The van der Waals surface area contributed by atoms with Crippen molar-refractivity contribution in [3.8, 4) is 0 Å². The number of aliphatic imine (C=N–C) groups is 1. The molecule has 2 aliphatic heterocycles. The van der Waals surface area contributed by atoms with Gasteiger partial charge in [0.05, 0.1) is 25.4 Å². The second-order valence-corrected chi connectivity index (χ2v) is 9.32. The molecule has 7 heteroatoms. The van der Waals surface area contributed by atoms with Crippen LogP contribution in [0.2, 0.25) is 0 Å². The van der Waals surface area contributed by atoms with Gasteiger partial charge in [0.1, 0.15) is 5.82 Å². The van der Waals surface area contributed by atoms with Crippen LogP contribution in [0.3, 0.4) is 0 Å². The number of hydrogen-bond donors (Lipinski definition) is 1. The predicted molar refractivity (Wildman–Crippen MR) is 137 cm³/mol. The van der Waals surface area contributed by atoms with Crippen LogP contribution in [0.4, 0.5) is 4.39 Å². The first-order valence-corrected chi connectivity index (χ1v) is 12.2. The predicted octanol–water partition coefficient (Wildman–Crippen LogP) is 4.88. The van der Waals surface area contributed by atoms with Gasteiger partial charge >= 0.3 is 0 Å². The summed E-state index contributed by atoms with van der Waals surface area (Å²) < 4.78 is 25.4. The van der Waals surface area contributed by atoms with Crippen molar-refractivity contribution < 1.29 is 13.9 Å². The molecule has 1 aromatic rings. The molecule has 0 bridgehead atoms. The zero-order valence-corrected chi connectivity index (χ0v) is 21.7. The number of hydrogen-bond acceptors (Lipinski definition) is 3. The summed E-state index contributed by atoms with van der Waals surface area (Å²) in [6.07, 6.45) is 9.71. The number of likely N-dealkylation sites (tertiary alicyclic amines) is 1. The van der Waals surface area contributed by atoms with Gasteiger partial charge in [-0.1, -0.05) is 18.6 Å². The molecule has 1 atom stereocenters. The molecular weight excluding hydrogens is 520 g/mol. The van der Waals surface area contributed by atoms with Gasteiger partial charge in [-0.15, -0.1) is 24.0 Å². The maximum absolute atomic E-state index is 13.4. The number of ether oxygens (including phenoxy) is 2. The highest BCUT2D eigenvalue weighted by Gasteiger charge is 2.38. The molecule has 3 aliphatic rings. The Morgan fingerprint density at radius 2 is 1.91 bits per heavy atom. The summed E-state index contributed by atoms with van der Waals surface area (Å²) >= 11 is 0. The molecule has 1 N–H and O–H groups in total. The summed E-state index contributed by atoms with van der Waals surface area (Å²) in [5, 5.41) is 3.49. The Balaban J connectivity index is 0.00000289. The molecular formula is C25H39FIN3O2. The fraction of sp³-hybridized carbons (Fsp3) is 0.720. The van der Waals surface area contributed by atoms with E-state index in [2.05, 4.69) is 17.1 Å². The molecule has 0 amide bonds. The Morgan fingerprint density at radius 3 is 2.50 bits per heavy atom. The second kappa shape index (κ2) is 12.5. The van der Waals surface area contributed by atoms with Gasteiger partial charge in [-0.05, 0) is 69.6 Å². The van der Waals surface area contributed by atoms with E-state index in [1.165, 1.54) is 24.8 Å². The Morgan fingerprint density at radius 1 is 1.16 bits per heavy atom. The van der Waals surface area contributed by atoms with Gasteiger partial charge in [-0.2, -0.15) is 0 Å². The van der Waals surface area contributed by atoms with Crippen LogP contribution in [-0.2, 0) is 14.9 Å². The van der Waals surface area contributed by atoms with Crippen LogP contribution in [0, 0.1) is 5.82 Å². The number of rotatable bonds is 7. The Labute approximate surface area is 209 Å². The molecule has 1 aliphatic carbocycles. The van der Waals surface area contributed by atoms with Crippen molar-refractivity contribution in [1.29, 1.82) is 0 Å². The van der Waals surface area contributed by atoms with E-state index in [9.17, 15) is 4.39 Å². The van der Waals surface area contributed by atoms with E-state index in [1.54, 1.807) is 12.1 Å². The molecule has 1 aromatic carbocycles. The Hall–Kier alpha value is -0.930. The summed E-state index contributed by atoms with van der Waals surface area (Å²) in [7, 11) is 0. The van der Waals surface area contributed by atoms with Gasteiger partial charge in [0, 0.05) is 31.7 Å². The topological polar surface area (TPSA) is 46.1 Å². The fourth-order valence-corrected chi connectivity index (χ4v) is 5.01. The maximum atomic E-state index is 13.4. The van der Waals surface area contributed by atoms with Gasteiger partial charge in [-0.3, -0.25) is 4.99 Å². The number of piperidine rings is 1. The molecule has 0 radical (unpaired) electrons. The third kappa shape index (κ3) is 6.56. The lowest BCUT2D eigenvalue weighted by Crippen LogP contribution is -2.48. The molecule has 1 unspecified atom stereocenters. The average Bonchev–Trinajstić information content (AvgIpc) is 2.78. The third-order valence-corrected chi connectivity index (χ3v) is 7.17. The van der Waals surface area contributed by atoms with Crippen LogP contribution in [0.1, 0.15) is 63.9 Å². The lowest BCUT2D eigenvalue weighted by Gasteiger charge is -2.42. The molecule has 1 saturated carbocycles. The fourth-order valence-electron chi connectivity index (χ4n) is 5.01. The summed E-state index contributed by atoms with van der Waals surface area (Å²) in [6.45, 7) is 7.29. The van der Waals surface area contributed by atoms with E-state index in [4.69, 9.17) is 14.5 Å². The maximum Gasteiger partial charge on any atom is 0.193 e. The molecule has 2 saturated heterocycles. The van der Waals surface area contributed by atoms with Crippen molar-refractivity contribution in [2.45, 2.75) is 75.9 Å². The van der Waals surface area contributed by atoms with Crippen LogP contribution in [0.5, 0.6) is 0 Å². The molecule has 0 spiro atoms. The number of halogens is 2. The number of nitrogens with one attached hydrogen (secondary N) is 1. The van der Waals surface area contributed by atoms with Crippen molar-refractivity contribution in [2.75, 3.05) is 39.4 Å². The van der Waals surface area contributed by atoms with E-state index in [-0.39, 0.29) is 41.3 Å². The standard InChI is InChI=1S/C25H38FN3O2.HI/c1-2-27-24(28-19-25(13-5-14-25)20-7-9-21(26)10-8-20)29-15-11-22(12-16-29)31-18-23-6-3-4-17-30-23;/h7-10,22-23H,2-6,11-19H2,1H3,(H,27,28);1H. The van der Waals surface area contributed by atoms with Crippen LogP contribution < -0.4 is 5.32 Å². The smallest absolute Gasteiger partial charge is 0.193 e. The summed E-state index contributed by atoms with van der Waals surface area (Å²) in [4.78, 5) is 7.42. The van der Waals surface area contributed by atoms with Gasteiger partial charge in [-0.25, -0.2) is 4.39 Å². The first-order chi connectivity index (χ1) is 15.2. The first-order valence-electron chi connectivity index (χ1n) is 12.2. The van der Waals surface area contributed by atoms with E-state index < -0.39 is 0 Å². The zero-order chi connectivity index (χ0) is 21.5. The van der Waals surface area contributed by atoms with Gasteiger partial charge < -0.3 is 19.7 Å². The zero-order valence-electron chi connectivity index (χ0n) is 19.4. The SMILES string of the molecule is CCNC(=NCC1(c2ccc(F)cc2)CCC1)N1CCC(OCC2CCCCO2)CC1.I. The van der Waals surface area contributed by atoms with Crippen molar-refractivity contribution in [3.63, 3.8) is 0 Å². The highest BCUT2D eigenvalue weighted by atomic mass is 127. The summed E-state index contributed by atoms with van der Waals surface area (Å²) in [5.41, 5.74) is 1.28. The number of guanidine groups is 1. The van der Waals surface area contributed by atoms with Gasteiger partial charge in [0.2, 0.25) is 0 Å². The average molecular weight is 560 g/mol. The summed E-state index contributed by atoms with van der Waals surface area (Å²) in [5.74, 6) is 0.833. The summed E-state index contributed by atoms with van der Waals surface area (Å²) in [6, 6.07) is 7.03. The number of benzene rings is 1. The molecule has 5 nitrogen and oxygen atoms in total. The Kier molecular flexibility index (Phi) is 10.0. The molecule has 32 heavy (non-hydrogen) atoms. The molecule has 4 rings (SSSR count).